The van der Waals surface area contributed by atoms with Crippen LogP contribution >= 0.6 is 0 Å². The summed E-state index contributed by atoms with van der Waals surface area (Å²) in [6.07, 6.45) is 0.861. The Morgan fingerprint density at radius 3 is 2.43 bits per heavy atom. The van der Waals surface area contributed by atoms with E-state index in [0.29, 0.717) is 12.3 Å². The largest absolute Gasteiger partial charge is 0.493 e. The number of ether oxygens (including phenoxy) is 2. The van der Waals surface area contributed by atoms with Gasteiger partial charge in [0.15, 0.2) is 18.0 Å². The molecule has 0 bridgehead atoms. The summed E-state index contributed by atoms with van der Waals surface area (Å²) in [6, 6.07) is 3.52. The molecule has 1 heterocycles. The SMILES string of the molecule is CCNC(=O)NC(=O)C[NH+]1CCc2cc(OC)c(OC)cc2C1. The van der Waals surface area contributed by atoms with Crippen molar-refractivity contribution < 1.29 is 24.0 Å². The first-order valence-corrected chi connectivity index (χ1v) is 7.72. The molecule has 1 unspecified atom stereocenters. The lowest BCUT2D eigenvalue weighted by Gasteiger charge is -2.26. The second-order valence-electron chi connectivity index (χ2n) is 5.49. The number of hydrogen-bond acceptors (Lipinski definition) is 4. The molecule has 1 aromatic carbocycles. The van der Waals surface area contributed by atoms with E-state index in [4.69, 9.17) is 9.47 Å². The van der Waals surface area contributed by atoms with E-state index in [1.54, 1.807) is 21.1 Å². The Hall–Kier alpha value is -2.28. The Balaban J connectivity index is 2.00. The van der Waals surface area contributed by atoms with Crippen molar-refractivity contribution in [3.05, 3.63) is 23.3 Å². The Morgan fingerprint density at radius 1 is 1.17 bits per heavy atom. The van der Waals surface area contributed by atoms with Gasteiger partial charge in [-0.15, -0.1) is 0 Å². The number of carbonyl (C=O) groups excluding carboxylic acids is 2. The molecule has 0 aromatic heterocycles. The zero-order valence-electron chi connectivity index (χ0n) is 13.8. The molecule has 3 N–H and O–H groups in total. The lowest BCUT2D eigenvalue weighted by Crippen LogP contribution is -3.13. The molecule has 0 saturated heterocycles. The van der Waals surface area contributed by atoms with E-state index in [1.807, 2.05) is 12.1 Å². The van der Waals surface area contributed by atoms with Crippen LogP contribution in [0.1, 0.15) is 18.1 Å². The predicted octanol–water partition coefficient (Wildman–Crippen LogP) is -0.509. The summed E-state index contributed by atoms with van der Waals surface area (Å²) in [5, 5.41) is 4.88. The minimum atomic E-state index is -0.444. The molecular formula is C16H24N3O4+. The monoisotopic (exact) mass is 322 g/mol. The Labute approximate surface area is 135 Å². The minimum Gasteiger partial charge on any atom is -0.493 e. The van der Waals surface area contributed by atoms with Crippen LogP contribution in [0.3, 0.4) is 0 Å². The number of benzene rings is 1. The summed E-state index contributed by atoms with van der Waals surface area (Å²) >= 11 is 0. The van der Waals surface area contributed by atoms with Crippen LogP contribution < -0.4 is 25.0 Å². The fourth-order valence-electron chi connectivity index (χ4n) is 2.78. The maximum atomic E-state index is 11.9. The van der Waals surface area contributed by atoms with Gasteiger partial charge in [0.1, 0.15) is 6.54 Å². The van der Waals surface area contributed by atoms with E-state index in [9.17, 15) is 9.59 Å². The van der Waals surface area contributed by atoms with Gasteiger partial charge < -0.3 is 19.7 Å². The van der Waals surface area contributed by atoms with Crippen LogP contribution in [0.4, 0.5) is 4.79 Å². The average molecular weight is 322 g/mol. The number of nitrogens with one attached hydrogen (secondary N) is 3. The first kappa shape index (κ1) is 17.1. The van der Waals surface area contributed by atoms with Gasteiger partial charge >= 0.3 is 6.03 Å². The second kappa shape index (κ2) is 7.82. The molecule has 0 fully saturated rings. The number of hydrogen-bond donors (Lipinski definition) is 3. The van der Waals surface area contributed by atoms with Crippen LogP contribution in [-0.2, 0) is 17.8 Å². The number of fused-ring (bicyclic) bond motifs is 1. The quantitative estimate of drug-likeness (QED) is 0.682. The summed E-state index contributed by atoms with van der Waals surface area (Å²) in [7, 11) is 3.23. The van der Waals surface area contributed by atoms with Crippen LogP contribution in [-0.4, -0.2) is 45.8 Å². The Bertz CT molecular complexity index is 589. The highest BCUT2D eigenvalue weighted by Crippen LogP contribution is 2.31. The van der Waals surface area contributed by atoms with Gasteiger partial charge in [0.25, 0.3) is 5.91 Å². The molecule has 1 aliphatic heterocycles. The van der Waals surface area contributed by atoms with Crippen molar-refractivity contribution in [1.82, 2.24) is 10.6 Å². The first-order chi connectivity index (χ1) is 11.1. The number of amides is 3. The molecular weight excluding hydrogens is 298 g/mol. The summed E-state index contributed by atoms with van der Waals surface area (Å²) < 4.78 is 10.7. The smallest absolute Gasteiger partial charge is 0.321 e. The normalized spacial score (nSPS) is 16.2. The highest BCUT2D eigenvalue weighted by molar-refractivity contribution is 5.94. The molecule has 0 spiro atoms. The lowest BCUT2D eigenvalue weighted by atomic mass is 9.99. The van der Waals surface area contributed by atoms with Crippen molar-refractivity contribution in [2.75, 3.05) is 33.9 Å². The number of methoxy groups -OCH3 is 2. The van der Waals surface area contributed by atoms with Gasteiger partial charge in [-0.3, -0.25) is 10.1 Å². The molecule has 2 rings (SSSR count). The maximum absolute atomic E-state index is 11.9. The summed E-state index contributed by atoms with van der Waals surface area (Å²) in [5.74, 6) is 1.15. The molecule has 126 valence electrons. The summed E-state index contributed by atoms with van der Waals surface area (Å²) in [6.45, 7) is 4.12. The number of carbonyl (C=O) groups is 2. The molecule has 7 nitrogen and oxygen atoms in total. The molecule has 3 amide bonds. The number of rotatable bonds is 5. The van der Waals surface area contributed by atoms with Gasteiger partial charge in [0, 0.05) is 18.5 Å². The minimum absolute atomic E-state index is 0.269. The topological polar surface area (TPSA) is 81.1 Å². The predicted molar refractivity (Wildman–Crippen MR) is 84.9 cm³/mol. The van der Waals surface area contributed by atoms with E-state index in [1.165, 1.54) is 5.56 Å². The van der Waals surface area contributed by atoms with Gasteiger partial charge in [-0.25, -0.2) is 4.79 Å². The lowest BCUT2D eigenvalue weighted by molar-refractivity contribution is -0.908. The van der Waals surface area contributed by atoms with Crippen molar-refractivity contribution in [3.63, 3.8) is 0 Å². The maximum Gasteiger partial charge on any atom is 0.321 e. The average Bonchev–Trinajstić information content (AvgIpc) is 2.53. The zero-order chi connectivity index (χ0) is 16.8. The van der Waals surface area contributed by atoms with Crippen LogP contribution in [0.25, 0.3) is 0 Å². The van der Waals surface area contributed by atoms with Crippen LogP contribution in [0.5, 0.6) is 11.5 Å². The van der Waals surface area contributed by atoms with Gasteiger partial charge in [-0.1, -0.05) is 0 Å². The van der Waals surface area contributed by atoms with E-state index in [0.717, 1.165) is 35.7 Å². The third kappa shape index (κ3) is 4.35. The number of urea groups is 1. The molecule has 0 radical (unpaired) electrons. The summed E-state index contributed by atoms with van der Waals surface area (Å²) in [5.41, 5.74) is 2.37. The summed E-state index contributed by atoms with van der Waals surface area (Å²) in [4.78, 5) is 24.4. The molecule has 0 saturated carbocycles. The van der Waals surface area contributed by atoms with Gasteiger partial charge in [0.2, 0.25) is 0 Å². The van der Waals surface area contributed by atoms with E-state index in [2.05, 4.69) is 10.6 Å². The fraction of sp³-hybridized carbons (Fsp3) is 0.500. The highest BCUT2D eigenvalue weighted by atomic mass is 16.5. The van der Waals surface area contributed by atoms with Gasteiger partial charge in [-0.05, 0) is 24.6 Å². The highest BCUT2D eigenvalue weighted by Gasteiger charge is 2.24. The molecule has 1 aliphatic rings. The van der Waals surface area contributed by atoms with E-state index < -0.39 is 6.03 Å². The van der Waals surface area contributed by atoms with Crippen molar-refractivity contribution >= 4 is 11.9 Å². The Kier molecular flexibility index (Phi) is 5.81. The molecule has 7 heteroatoms. The fourth-order valence-corrected chi connectivity index (χ4v) is 2.78. The third-order valence-electron chi connectivity index (χ3n) is 3.89. The van der Waals surface area contributed by atoms with Crippen LogP contribution in [0.2, 0.25) is 0 Å². The first-order valence-electron chi connectivity index (χ1n) is 7.72. The standard InChI is InChI=1S/C16H23N3O4/c1-4-17-16(21)18-15(20)10-19-6-5-11-7-13(22-2)14(23-3)8-12(11)9-19/h7-8H,4-6,9-10H2,1-3H3,(H2,17,18,20,21)/p+1. The van der Waals surface area contributed by atoms with E-state index >= 15 is 0 Å². The van der Waals surface area contributed by atoms with E-state index in [-0.39, 0.29) is 12.5 Å². The molecule has 1 atom stereocenters. The zero-order valence-corrected chi connectivity index (χ0v) is 13.8. The molecule has 0 aliphatic carbocycles. The van der Waals surface area contributed by atoms with Crippen LogP contribution in [0, 0.1) is 0 Å². The Morgan fingerprint density at radius 2 is 1.83 bits per heavy atom. The van der Waals surface area contributed by atoms with Gasteiger partial charge in [-0.2, -0.15) is 0 Å². The third-order valence-corrected chi connectivity index (χ3v) is 3.89. The van der Waals surface area contributed by atoms with Crippen molar-refractivity contribution in [2.45, 2.75) is 19.9 Å². The number of imide groups is 1. The molecule has 1 aromatic rings. The van der Waals surface area contributed by atoms with Gasteiger partial charge in [0.05, 0.1) is 20.8 Å². The van der Waals surface area contributed by atoms with Crippen molar-refractivity contribution in [1.29, 1.82) is 0 Å². The van der Waals surface area contributed by atoms with Crippen molar-refractivity contribution in [3.8, 4) is 11.5 Å². The number of quaternary nitrogens is 1. The van der Waals surface area contributed by atoms with Crippen molar-refractivity contribution in [2.24, 2.45) is 0 Å². The van der Waals surface area contributed by atoms with Crippen LogP contribution in [0.15, 0.2) is 12.1 Å². The molecule has 23 heavy (non-hydrogen) atoms. The second-order valence-corrected chi connectivity index (χ2v) is 5.49.